The minimum Gasteiger partial charge on any atom is -0.379 e. The summed E-state index contributed by atoms with van der Waals surface area (Å²) in [4.78, 5) is 0. The van der Waals surface area contributed by atoms with Gasteiger partial charge in [0.15, 0.2) is 0 Å². The van der Waals surface area contributed by atoms with Crippen molar-refractivity contribution < 1.29 is 4.74 Å². The van der Waals surface area contributed by atoms with Crippen molar-refractivity contribution in [2.24, 2.45) is 0 Å². The highest BCUT2D eigenvalue weighted by Crippen LogP contribution is 2.14. The maximum absolute atomic E-state index is 5.41. The topological polar surface area (TPSA) is 26.2 Å². The van der Waals surface area contributed by atoms with Crippen LogP contribution in [0.5, 0.6) is 0 Å². The lowest BCUT2D eigenvalue weighted by atomic mass is 10.1. The number of aryl methyl sites for hydroxylation is 1. The molecule has 1 heterocycles. The summed E-state index contributed by atoms with van der Waals surface area (Å²) in [5.74, 6) is 0. The van der Waals surface area contributed by atoms with E-state index in [1.165, 1.54) is 5.56 Å². The molecule has 0 saturated heterocycles. The summed E-state index contributed by atoms with van der Waals surface area (Å²) in [6.07, 6.45) is 5.37. The summed E-state index contributed by atoms with van der Waals surface area (Å²) in [5, 5.41) is 3.32. The molecule has 0 aromatic carbocycles. The van der Waals surface area contributed by atoms with Crippen LogP contribution in [0.1, 0.15) is 32.8 Å². The van der Waals surface area contributed by atoms with E-state index in [-0.39, 0.29) is 5.60 Å². The van der Waals surface area contributed by atoms with Crippen LogP contribution in [0.15, 0.2) is 18.5 Å². The van der Waals surface area contributed by atoms with E-state index < -0.39 is 0 Å². The summed E-state index contributed by atoms with van der Waals surface area (Å²) >= 11 is 0. The molecular formula is C13H24N2O. The number of hydrogen-bond donors (Lipinski definition) is 1. The lowest BCUT2D eigenvalue weighted by Crippen LogP contribution is -2.24. The van der Waals surface area contributed by atoms with Gasteiger partial charge >= 0.3 is 0 Å². The fraction of sp³-hybridized carbons (Fsp3) is 0.692. The molecule has 16 heavy (non-hydrogen) atoms. The van der Waals surface area contributed by atoms with Gasteiger partial charge in [-0.05, 0) is 38.4 Å². The molecule has 1 aromatic heterocycles. The van der Waals surface area contributed by atoms with Gasteiger partial charge in [0.1, 0.15) is 0 Å². The van der Waals surface area contributed by atoms with Gasteiger partial charge in [0.2, 0.25) is 0 Å². The number of nitrogens with one attached hydrogen (secondary N) is 1. The maximum atomic E-state index is 5.41. The van der Waals surface area contributed by atoms with Crippen LogP contribution in [0.25, 0.3) is 0 Å². The first-order valence-corrected chi connectivity index (χ1v) is 5.98. The lowest BCUT2D eigenvalue weighted by molar-refractivity contribution is 0.0120. The fourth-order valence-electron chi connectivity index (χ4n) is 1.50. The van der Waals surface area contributed by atoms with Crippen molar-refractivity contribution in [3.8, 4) is 0 Å². The van der Waals surface area contributed by atoms with Crippen molar-refractivity contribution in [1.82, 2.24) is 9.88 Å². The normalized spacial score (nSPS) is 12.0. The van der Waals surface area contributed by atoms with Crippen LogP contribution < -0.4 is 5.32 Å². The molecule has 0 atom stereocenters. The number of methoxy groups -OCH3 is 1. The van der Waals surface area contributed by atoms with E-state index in [1.807, 2.05) is 0 Å². The first-order valence-electron chi connectivity index (χ1n) is 5.98. The molecule has 1 N–H and O–H groups in total. The van der Waals surface area contributed by atoms with Crippen LogP contribution in [0.4, 0.5) is 0 Å². The Morgan fingerprint density at radius 1 is 1.44 bits per heavy atom. The summed E-state index contributed by atoms with van der Waals surface area (Å²) in [7, 11) is 1.77. The Morgan fingerprint density at radius 3 is 2.81 bits per heavy atom. The van der Waals surface area contributed by atoms with Gasteiger partial charge in [-0.2, -0.15) is 0 Å². The van der Waals surface area contributed by atoms with Crippen molar-refractivity contribution >= 4 is 0 Å². The fourth-order valence-corrected chi connectivity index (χ4v) is 1.50. The van der Waals surface area contributed by atoms with Crippen LogP contribution in [0.3, 0.4) is 0 Å². The molecule has 3 heteroatoms. The SMILES string of the molecule is CCNCc1ccn(CCC(C)(C)OC)c1. The molecule has 0 radical (unpaired) electrons. The molecule has 0 unspecified atom stereocenters. The smallest absolute Gasteiger partial charge is 0.0639 e. The van der Waals surface area contributed by atoms with Gasteiger partial charge in [-0.1, -0.05) is 6.92 Å². The first kappa shape index (κ1) is 13.3. The third kappa shape index (κ3) is 4.37. The zero-order valence-corrected chi connectivity index (χ0v) is 10.9. The average Bonchev–Trinajstić information content (AvgIpc) is 2.72. The van der Waals surface area contributed by atoms with Gasteiger partial charge in [-0.3, -0.25) is 0 Å². The van der Waals surface area contributed by atoms with Crippen LogP contribution in [0, 0.1) is 0 Å². The van der Waals surface area contributed by atoms with E-state index in [9.17, 15) is 0 Å². The average molecular weight is 224 g/mol. The summed E-state index contributed by atoms with van der Waals surface area (Å²) in [5.41, 5.74) is 1.31. The third-order valence-corrected chi connectivity index (χ3v) is 2.92. The van der Waals surface area contributed by atoms with Gasteiger partial charge in [-0.25, -0.2) is 0 Å². The third-order valence-electron chi connectivity index (χ3n) is 2.92. The molecule has 3 nitrogen and oxygen atoms in total. The second-order valence-electron chi connectivity index (χ2n) is 4.75. The van der Waals surface area contributed by atoms with Gasteiger partial charge < -0.3 is 14.6 Å². The van der Waals surface area contributed by atoms with E-state index in [0.717, 1.165) is 26.1 Å². The van der Waals surface area contributed by atoms with E-state index >= 15 is 0 Å². The van der Waals surface area contributed by atoms with E-state index in [4.69, 9.17) is 4.74 Å². The molecule has 0 aliphatic rings. The Morgan fingerprint density at radius 2 is 2.19 bits per heavy atom. The second kappa shape index (κ2) is 6.06. The van der Waals surface area contributed by atoms with Gasteiger partial charge in [-0.15, -0.1) is 0 Å². The van der Waals surface area contributed by atoms with Gasteiger partial charge in [0.05, 0.1) is 5.60 Å². The molecule has 0 aliphatic heterocycles. The Labute approximate surface area is 98.8 Å². The van der Waals surface area contributed by atoms with Crippen molar-refractivity contribution in [3.63, 3.8) is 0 Å². The van der Waals surface area contributed by atoms with Crippen molar-refractivity contribution in [3.05, 3.63) is 24.0 Å². The monoisotopic (exact) mass is 224 g/mol. The van der Waals surface area contributed by atoms with E-state index in [1.54, 1.807) is 7.11 Å². The molecule has 0 aliphatic carbocycles. The van der Waals surface area contributed by atoms with Gasteiger partial charge in [0.25, 0.3) is 0 Å². The molecule has 0 saturated carbocycles. The predicted molar refractivity (Wildman–Crippen MR) is 67.5 cm³/mol. The Hall–Kier alpha value is -0.800. The van der Waals surface area contributed by atoms with Crippen LogP contribution in [0.2, 0.25) is 0 Å². The Bertz CT molecular complexity index is 305. The number of aromatic nitrogens is 1. The largest absolute Gasteiger partial charge is 0.379 e. The molecule has 0 amide bonds. The zero-order valence-electron chi connectivity index (χ0n) is 10.9. The molecule has 0 spiro atoms. The highest BCUT2D eigenvalue weighted by Gasteiger charge is 2.15. The highest BCUT2D eigenvalue weighted by atomic mass is 16.5. The van der Waals surface area contributed by atoms with Crippen molar-refractivity contribution in [2.45, 2.75) is 45.9 Å². The van der Waals surface area contributed by atoms with E-state index in [2.05, 4.69) is 49.1 Å². The number of rotatable bonds is 7. The number of nitrogens with zero attached hydrogens (tertiary/aromatic N) is 1. The Kier molecular flexibility index (Phi) is 5.03. The lowest BCUT2D eigenvalue weighted by Gasteiger charge is -2.22. The number of ether oxygens (including phenoxy) is 1. The standard InChI is InChI=1S/C13H24N2O/c1-5-14-10-12-6-8-15(11-12)9-7-13(2,3)16-4/h6,8,11,14H,5,7,9-10H2,1-4H3. The molecular weight excluding hydrogens is 200 g/mol. The molecule has 1 rings (SSSR count). The summed E-state index contributed by atoms with van der Waals surface area (Å²) < 4.78 is 7.64. The predicted octanol–water partition coefficient (Wildman–Crippen LogP) is 2.41. The van der Waals surface area contributed by atoms with E-state index in [0.29, 0.717) is 0 Å². The zero-order chi connectivity index (χ0) is 12.0. The summed E-state index contributed by atoms with van der Waals surface area (Å²) in [6, 6.07) is 2.17. The minimum atomic E-state index is -0.0356. The second-order valence-corrected chi connectivity index (χ2v) is 4.75. The minimum absolute atomic E-state index is 0.0356. The quantitative estimate of drug-likeness (QED) is 0.770. The van der Waals surface area contributed by atoms with Crippen molar-refractivity contribution in [2.75, 3.05) is 13.7 Å². The highest BCUT2D eigenvalue weighted by molar-refractivity contribution is 5.09. The maximum Gasteiger partial charge on any atom is 0.0639 e. The van der Waals surface area contributed by atoms with Crippen LogP contribution in [-0.4, -0.2) is 23.8 Å². The molecule has 0 fully saturated rings. The Balaban J connectivity index is 2.40. The summed E-state index contributed by atoms with van der Waals surface area (Å²) in [6.45, 7) is 9.34. The molecule has 1 aromatic rings. The number of hydrogen-bond acceptors (Lipinski definition) is 2. The van der Waals surface area contributed by atoms with Crippen LogP contribution in [-0.2, 0) is 17.8 Å². The first-order chi connectivity index (χ1) is 7.57. The van der Waals surface area contributed by atoms with Crippen molar-refractivity contribution in [1.29, 1.82) is 0 Å². The molecule has 92 valence electrons. The molecule has 0 bridgehead atoms. The van der Waals surface area contributed by atoms with Gasteiger partial charge in [0, 0.05) is 32.6 Å². The van der Waals surface area contributed by atoms with Crippen LogP contribution >= 0.6 is 0 Å².